The minimum Gasteiger partial charge on any atom is -0.309 e. The van der Waals surface area contributed by atoms with Crippen molar-refractivity contribution >= 4 is 28.8 Å². The zero-order chi connectivity index (χ0) is 18.9. The van der Waals surface area contributed by atoms with Gasteiger partial charge in [-0.1, -0.05) is 6.07 Å². The van der Waals surface area contributed by atoms with Gasteiger partial charge in [-0.15, -0.1) is 21.5 Å². The van der Waals surface area contributed by atoms with Gasteiger partial charge in [0.1, 0.15) is 11.6 Å². The first-order valence-corrected chi connectivity index (χ1v) is 9.59. The standard InChI is InChI=1S/C19H16N8S/c1-26-16(5-8-21-26)23-19-20-7-4-15(22-19)13-6-9-27-17(11-13)24-25-18(27)12-14-3-2-10-28-14/h2-11H,12H2,1H3,(H,20,22,23). The van der Waals surface area contributed by atoms with Gasteiger partial charge >= 0.3 is 0 Å². The van der Waals surface area contributed by atoms with Crippen molar-refractivity contribution in [2.24, 2.45) is 7.05 Å². The predicted octanol–water partition coefficient (Wildman–Crippen LogP) is 3.32. The van der Waals surface area contributed by atoms with Crippen LogP contribution in [0.4, 0.5) is 11.8 Å². The highest BCUT2D eigenvalue weighted by atomic mass is 32.1. The smallest absolute Gasteiger partial charge is 0.228 e. The summed E-state index contributed by atoms with van der Waals surface area (Å²) in [6.45, 7) is 0. The number of hydrogen-bond donors (Lipinski definition) is 1. The molecule has 0 atom stereocenters. The second-order valence-electron chi connectivity index (χ2n) is 6.25. The third kappa shape index (κ3) is 3.12. The van der Waals surface area contributed by atoms with Gasteiger partial charge in [0, 0.05) is 42.4 Å². The number of rotatable bonds is 5. The van der Waals surface area contributed by atoms with Gasteiger partial charge < -0.3 is 5.32 Å². The fraction of sp³-hybridized carbons (Fsp3) is 0.105. The Morgan fingerprint density at radius 3 is 2.89 bits per heavy atom. The number of anilines is 2. The van der Waals surface area contributed by atoms with Gasteiger partial charge in [0.25, 0.3) is 0 Å². The predicted molar refractivity (Wildman–Crippen MR) is 108 cm³/mol. The van der Waals surface area contributed by atoms with Crippen LogP contribution < -0.4 is 5.32 Å². The molecule has 28 heavy (non-hydrogen) atoms. The summed E-state index contributed by atoms with van der Waals surface area (Å²) in [6, 6.07) is 11.9. The summed E-state index contributed by atoms with van der Waals surface area (Å²) < 4.78 is 3.74. The van der Waals surface area contributed by atoms with Crippen LogP contribution in [0.5, 0.6) is 0 Å². The Labute approximate surface area is 164 Å². The lowest BCUT2D eigenvalue weighted by molar-refractivity contribution is 0.775. The van der Waals surface area contributed by atoms with Crippen LogP contribution in [0.25, 0.3) is 16.9 Å². The van der Waals surface area contributed by atoms with Gasteiger partial charge in [0.2, 0.25) is 5.95 Å². The summed E-state index contributed by atoms with van der Waals surface area (Å²) in [5.41, 5.74) is 2.56. The van der Waals surface area contributed by atoms with Crippen LogP contribution in [-0.2, 0) is 13.5 Å². The topological polar surface area (TPSA) is 85.8 Å². The zero-order valence-electron chi connectivity index (χ0n) is 15.0. The molecule has 0 aromatic carbocycles. The number of hydrogen-bond acceptors (Lipinski definition) is 7. The van der Waals surface area contributed by atoms with Gasteiger partial charge in [0.05, 0.1) is 11.9 Å². The summed E-state index contributed by atoms with van der Waals surface area (Å²) in [5, 5.41) is 18.1. The molecule has 0 saturated carbocycles. The molecule has 8 nitrogen and oxygen atoms in total. The fourth-order valence-corrected chi connectivity index (χ4v) is 3.68. The quantitative estimate of drug-likeness (QED) is 0.497. The maximum atomic E-state index is 4.61. The molecule has 5 aromatic heterocycles. The lowest BCUT2D eigenvalue weighted by Crippen LogP contribution is -2.03. The summed E-state index contributed by atoms with van der Waals surface area (Å²) >= 11 is 1.72. The van der Waals surface area contributed by atoms with Crippen molar-refractivity contribution in [2.45, 2.75) is 6.42 Å². The second-order valence-corrected chi connectivity index (χ2v) is 7.28. The van der Waals surface area contributed by atoms with Crippen LogP contribution in [0.3, 0.4) is 0 Å². The van der Waals surface area contributed by atoms with Crippen LogP contribution in [0.2, 0.25) is 0 Å². The van der Waals surface area contributed by atoms with Crippen molar-refractivity contribution in [3.63, 3.8) is 0 Å². The first-order valence-electron chi connectivity index (χ1n) is 8.71. The largest absolute Gasteiger partial charge is 0.309 e. The molecule has 9 heteroatoms. The third-order valence-electron chi connectivity index (χ3n) is 4.41. The van der Waals surface area contributed by atoms with Crippen molar-refractivity contribution in [3.8, 4) is 11.3 Å². The van der Waals surface area contributed by atoms with Crippen LogP contribution >= 0.6 is 11.3 Å². The average molecular weight is 388 g/mol. The Balaban J connectivity index is 1.45. The Morgan fingerprint density at radius 1 is 1.11 bits per heavy atom. The molecule has 0 saturated heterocycles. The molecule has 5 heterocycles. The molecule has 0 aliphatic heterocycles. The van der Waals surface area contributed by atoms with E-state index in [1.54, 1.807) is 28.4 Å². The number of nitrogens with zero attached hydrogens (tertiary/aromatic N) is 7. The molecule has 0 aliphatic carbocycles. The Morgan fingerprint density at radius 2 is 2.07 bits per heavy atom. The molecule has 5 aromatic rings. The van der Waals surface area contributed by atoms with E-state index in [0.29, 0.717) is 5.95 Å². The van der Waals surface area contributed by atoms with E-state index in [1.807, 2.05) is 48.0 Å². The first kappa shape index (κ1) is 16.6. The summed E-state index contributed by atoms with van der Waals surface area (Å²) in [7, 11) is 1.86. The minimum absolute atomic E-state index is 0.515. The zero-order valence-corrected chi connectivity index (χ0v) is 15.8. The van der Waals surface area contributed by atoms with Crippen molar-refractivity contribution in [2.75, 3.05) is 5.32 Å². The van der Waals surface area contributed by atoms with Crippen molar-refractivity contribution in [1.82, 2.24) is 34.3 Å². The SMILES string of the molecule is Cn1nccc1Nc1nccc(-c2ccn3c(Cc4cccs4)nnc3c2)n1. The van der Waals surface area contributed by atoms with E-state index in [1.165, 1.54) is 4.88 Å². The van der Waals surface area contributed by atoms with Crippen LogP contribution in [0, 0.1) is 0 Å². The molecule has 5 rings (SSSR count). The number of pyridine rings is 1. The van der Waals surface area contributed by atoms with E-state index in [0.717, 1.165) is 35.0 Å². The second kappa shape index (κ2) is 6.86. The highest BCUT2D eigenvalue weighted by Crippen LogP contribution is 2.22. The number of fused-ring (bicyclic) bond motifs is 1. The Kier molecular flexibility index (Phi) is 4.06. The molecule has 138 valence electrons. The minimum atomic E-state index is 0.515. The number of nitrogens with one attached hydrogen (secondary N) is 1. The summed E-state index contributed by atoms with van der Waals surface area (Å²) in [6.07, 6.45) is 6.21. The van der Waals surface area contributed by atoms with Crippen molar-refractivity contribution < 1.29 is 0 Å². The molecule has 0 spiro atoms. The lowest BCUT2D eigenvalue weighted by Gasteiger charge is -2.07. The fourth-order valence-electron chi connectivity index (χ4n) is 2.98. The molecule has 0 radical (unpaired) electrons. The molecule has 0 bridgehead atoms. The van der Waals surface area contributed by atoms with Crippen LogP contribution in [0.15, 0.2) is 60.4 Å². The Bertz CT molecular complexity index is 1240. The van der Waals surface area contributed by atoms with E-state index in [-0.39, 0.29) is 0 Å². The van der Waals surface area contributed by atoms with E-state index >= 15 is 0 Å². The van der Waals surface area contributed by atoms with E-state index in [2.05, 4.69) is 42.0 Å². The molecule has 0 amide bonds. The first-order chi connectivity index (χ1) is 13.8. The van der Waals surface area contributed by atoms with Crippen molar-refractivity contribution in [1.29, 1.82) is 0 Å². The molecular formula is C19H16N8S. The molecule has 0 fully saturated rings. The van der Waals surface area contributed by atoms with Gasteiger partial charge in [0.15, 0.2) is 5.65 Å². The highest BCUT2D eigenvalue weighted by molar-refractivity contribution is 7.09. The van der Waals surface area contributed by atoms with Gasteiger partial charge in [-0.25, -0.2) is 9.97 Å². The maximum absolute atomic E-state index is 4.61. The van der Waals surface area contributed by atoms with Gasteiger partial charge in [-0.3, -0.25) is 9.08 Å². The van der Waals surface area contributed by atoms with Gasteiger partial charge in [-0.05, 0) is 29.6 Å². The van der Waals surface area contributed by atoms with E-state index in [9.17, 15) is 0 Å². The lowest BCUT2D eigenvalue weighted by atomic mass is 10.2. The number of thiophene rings is 1. The Hall–Kier alpha value is -3.59. The molecule has 0 unspecified atom stereocenters. The normalized spacial score (nSPS) is 11.2. The average Bonchev–Trinajstić information content (AvgIpc) is 3.45. The number of aromatic nitrogens is 7. The van der Waals surface area contributed by atoms with Gasteiger partial charge in [-0.2, -0.15) is 5.10 Å². The number of aryl methyl sites for hydroxylation is 1. The summed E-state index contributed by atoms with van der Waals surface area (Å²) in [5.74, 6) is 2.26. The van der Waals surface area contributed by atoms with Crippen LogP contribution in [-0.4, -0.2) is 34.3 Å². The molecule has 0 aliphatic rings. The van der Waals surface area contributed by atoms with E-state index < -0.39 is 0 Å². The summed E-state index contributed by atoms with van der Waals surface area (Å²) in [4.78, 5) is 10.2. The van der Waals surface area contributed by atoms with Crippen LogP contribution in [0.1, 0.15) is 10.7 Å². The third-order valence-corrected chi connectivity index (χ3v) is 5.28. The van der Waals surface area contributed by atoms with Crippen molar-refractivity contribution in [3.05, 3.63) is 71.1 Å². The van der Waals surface area contributed by atoms with E-state index in [4.69, 9.17) is 0 Å². The highest BCUT2D eigenvalue weighted by Gasteiger charge is 2.10. The monoisotopic (exact) mass is 388 g/mol. The molecular weight excluding hydrogens is 372 g/mol. The molecule has 1 N–H and O–H groups in total. The maximum Gasteiger partial charge on any atom is 0.228 e.